The van der Waals surface area contributed by atoms with Crippen LogP contribution in [0.25, 0.3) is 0 Å². The van der Waals surface area contributed by atoms with E-state index in [4.69, 9.17) is 15.3 Å². The fourth-order valence-electron chi connectivity index (χ4n) is 1.17. The van der Waals surface area contributed by atoms with Crippen molar-refractivity contribution in [3.8, 4) is 0 Å². The van der Waals surface area contributed by atoms with Crippen LogP contribution in [0, 0.1) is 5.41 Å². The highest BCUT2D eigenvalue weighted by molar-refractivity contribution is 5.82. The van der Waals surface area contributed by atoms with Crippen molar-refractivity contribution < 1.29 is 19.2 Å². The molecule has 2 N–H and O–H groups in total. The van der Waals surface area contributed by atoms with E-state index in [-0.39, 0.29) is 5.41 Å². The maximum atomic E-state index is 11.8. The molecule has 0 aliphatic carbocycles. The zero-order chi connectivity index (χ0) is 12.9. The topological polar surface area (TPSA) is 81.9 Å². The molecular weight excluding hydrogens is 212 g/mol. The Morgan fingerprint density at radius 1 is 1.38 bits per heavy atom. The number of primary amides is 1. The first-order chi connectivity index (χ1) is 7.17. The van der Waals surface area contributed by atoms with Crippen molar-refractivity contribution in [2.45, 2.75) is 33.3 Å². The third-order valence-corrected chi connectivity index (χ3v) is 1.92. The summed E-state index contributed by atoms with van der Waals surface area (Å²) in [7, 11) is 2.80. The van der Waals surface area contributed by atoms with Crippen molar-refractivity contribution in [1.82, 2.24) is 5.06 Å². The molecule has 0 aromatic rings. The van der Waals surface area contributed by atoms with Crippen LogP contribution in [0.3, 0.4) is 0 Å². The molecule has 0 spiro atoms. The van der Waals surface area contributed by atoms with E-state index in [1.54, 1.807) is 0 Å². The smallest absolute Gasteiger partial charge is 0.405 e. The van der Waals surface area contributed by atoms with Crippen molar-refractivity contribution >= 4 is 12.0 Å². The largest absolute Gasteiger partial charge is 0.436 e. The number of hydrogen-bond acceptors (Lipinski definition) is 4. The third-order valence-electron chi connectivity index (χ3n) is 1.92. The Balaban J connectivity index is 4.66. The molecule has 0 aromatic heterocycles. The van der Waals surface area contributed by atoms with Crippen molar-refractivity contribution in [2.24, 2.45) is 11.1 Å². The van der Waals surface area contributed by atoms with Crippen LogP contribution in [-0.2, 0) is 14.4 Å². The van der Waals surface area contributed by atoms with Crippen LogP contribution in [0.5, 0.6) is 0 Å². The van der Waals surface area contributed by atoms with Gasteiger partial charge in [0.15, 0.2) is 6.10 Å². The number of carbonyl (C=O) groups excluding carboxylic acids is 2. The van der Waals surface area contributed by atoms with Crippen LogP contribution in [-0.4, -0.2) is 37.3 Å². The number of rotatable bonds is 4. The quantitative estimate of drug-likeness (QED) is 0.730. The highest BCUT2D eigenvalue weighted by Gasteiger charge is 2.30. The van der Waals surface area contributed by atoms with E-state index in [1.807, 2.05) is 20.8 Å². The average Bonchev–Trinajstić information content (AvgIpc) is 2.11. The number of nitrogens with two attached hydrogens (primary N) is 1. The second kappa shape index (κ2) is 5.69. The molecule has 0 radical (unpaired) electrons. The van der Waals surface area contributed by atoms with Crippen LogP contribution in [0.15, 0.2) is 0 Å². The van der Waals surface area contributed by atoms with Gasteiger partial charge in [-0.3, -0.25) is 9.63 Å². The highest BCUT2D eigenvalue weighted by atomic mass is 16.7. The van der Waals surface area contributed by atoms with Gasteiger partial charge in [-0.05, 0) is 11.8 Å². The van der Waals surface area contributed by atoms with Crippen LogP contribution in [0.4, 0.5) is 4.79 Å². The van der Waals surface area contributed by atoms with E-state index in [9.17, 15) is 9.59 Å². The highest BCUT2D eigenvalue weighted by Crippen LogP contribution is 2.23. The lowest BCUT2D eigenvalue weighted by Gasteiger charge is -2.26. The van der Waals surface area contributed by atoms with Gasteiger partial charge in [0.05, 0.1) is 7.11 Å². The van der Waals surface area contributed by atoms with E-state index in [2.05, 4.69) is 0 Å². The summed E-state index contributed by atoms with van der Waals surface area (Å²) in [5.74, 6) is -0.434. The molecule has 0 saturated heterocycles. The number of hydroxylamine groups is 2. The van der Waals surface area contributed by atoms with Gasteiger partial charge in [0.25, 0.3) is 5.91 Å². The molecular formula is C10H20N2O4. The summed E-state index contributed by atoms with van der Waals surface area (Å²) in [6.45, 7) is 5.80. The summed E-state index contributed by atoms with van der Waals surface area (Å²) in [5.41, 5.74) is 4.76. The molecule has 0 fully saturated rings. The molecule has 0 aliphatic rings. The second-order valence-corrected chi connectivity index (χ2v) is 4.71. The molecule has 94 valence electrons. The van der Waals surface area contributed by atoms with E-state index in [0.29, 0.717) is 6.42 Å². The first kappa shape index (κ1) is 14.7. The minimum Gasteiger partial charge on any atom is -0.436 e. The van der Waals surface area contributed by atoms with E-state index < -0.39 is 18.1 Å². The molecule has 0 bridgehead atoms. The van der Waals surface area contributed by atoms with Crippen LogP contribution in [0.1, 0.15) is 27.2 Å². The van der Waals surface area contributed by atoms with Gasteiger partial charge >= 0.3 is 6.09 Å². The van der Waals surface area contributed by atoms with Crippen molar-refractivity contribution in [2.75, 3.05) is 14.2 Å². The van der Waals surface area contributed by atoms with Gasteiger partial charge < -0.3 is 10.5 Å². The third kappa shape index (κ3) is 5.55. The molecule has 2 amide bonds. The predicted molar refractivity (Wildman–Crippen MR) is 58.3 cm³/mol. The molecule has 16 heavy (non-hydrogen) atoms. The van der Waals surface area contributed by atoms with Gasteiger partial charge in [0, 0.05) is 7.05 Å². The van der Waals surface area contributed by atoms with Gasteiger partial charge in [-0.25, -0.2) is 9.86 Å². The van der Waals surface area contributed by atoms with Crippen LogP contribution >= 0.6 is 0 Å². The van der Waals surface area contributed by atoms with E-state index in [1.165, 1.54) is 14.2 Å². The maximum absolute atomic E-state index is 11.8. The Morgan fingerprint density at radius 2 is 1.88 bits per heavy atom. The average molecular weight is 232 g/mol. The Labute approximate surface area is 95.6 Å². The summed E-state index contributed by atoms with van der Waals surface area (Å²) in [6.07, 6.45) is -1.50. The normalized spacial score (nSPS) is 13.1. The molecule has 0 aromatic carbocycles. The fourth-order valence-corrected chi connectivity index (χ4v) is 1.17. The van der Waals surface area contributed by atoms with E-state index in [0.717, 1.165) is 5.06 Å². The van der Waals surface area contributed by atoms with Gasteiger partial charge in [0.2, 0.25) is 0 Å². The Kier molecular flexibility index (Phi) is 5.23. The SMILES string of the molecule is CON(C)C(=O)[C@H](CC(C)(C)C)OC(N)=O. The van der Waals surface area contributed by atoms with Crippen molar-refractivity contribution in [1.29, 1.82) is 0 Å². The first-order valence-electron chi connectivity index (χ1n) is 4.95. The molecule has 0 saturated carbocycles. The number of nitrogens with zero attached hydrogens (tertiary/aromatic N) is 1. The summed E-state index contributed by atoms with van der Waals surface area (Å²) in [5, 5.41) is 1.01. The lowest BCUT2D eigenvalue weighted by atomic mass is 9.89. The number of likely N-dealkylation sites (N-methyl/N-ethyl adjacent to an activating group) is 1. The number of carbonyl (C=O) groups is 2. The predicted octanol–water partition coefficient (Wildman–Crippen LogP) is 0.906. The Morgan fingerprint density at radius 3 is 2.19 bits per heavy atom. The minimum absolute atomic E-state index is 0.162. The standard InChI is InChI=1S/C10H20N2O4/c1-10(2,3)6-7(16-9(11)14)8(13)12(4)15-5/h7H,6H2,1-5H3,(H2,11,14)/t7-/m0/s1. The Hall–Kier alpha value is -1.30. The van der Waals surface area contributed by atoms with Crippen LogP contribution < -0.4 is 5.73 Å². The lowest BCUT2D eigenvalue weighted by Crippen LogP contribution is -2.41. The van der Waals surface area contributed by atoms with Crippen molar-refractivity contribution in [3.05, 3.63) is 0 Å². The Bertz CT molecular complexity index is 260. The monoisotopic (exact) mass is 232 g/mol. The first-order valence-corrected chi connectivity index (χ1v) is 4.95. The molecule has 0 heterocycles. The van der Waals surface area contributed by atoms with Gasteiger partial charge in [0.1, 0.15) is 0 Å². The second-order valence-electron chi connectivity index (χ2n) is 4.71. The van der Waals surface area contributed by atoms with Gasteiger partial charge in [-0.1, -0.05) is 20.8 Å². The molecule has 6 nitrogen and oxygen atoms in total. The maximum Gasteiger partial charge on any atom is 0.405 e. The zero-order valence-electron chi connectivity index (χ0n) is 10.4. The van der Waals surface area contributed by atoms with Crippen molar-refractivity contribution in [3.63, 3.8) is 0 Å². The minimum atomic E-state index is -0.966. The molecule has 6 heteroatoms. The molecule has 1 atom stereocenters. The fraction of sp³-hybridized carbons (Fsp3) is 0.800. The summed E-state index contributed by atoms with van der Waals surface area (Å²) < 4.78 is 4.78. The summed E-state index contributed by atoms with van der Waals surface area (Å²) >= 11 is 0. The molecule has 0 unspecified atom stereocenters. The summed E-state index contributed by atoms with van der Waals surface area (Å²) in [6, 6.07) is 0. The molecule has 0 aliphatic heterocycles. The summed E-state index contributed by atoms with van der Waals surface area (Å²) in [4.78, 5) is 27.2. The number of hydrogen-bond donors (Lipinski definition) is 1. The number of ether oxygens (including phenoxy) is 1. The van der Waals surface area contributed by atoms with Gasteiger partial charge in [-0.2, -0.15) is 0 Å². The van der Waals surface area contributed by atoms with E-state index >= 15 is 0 Å². The lowest BCUT2D eigenvalue weighted by molar-refractivity contribution is -0.179. The zero-order valence-corrected chi connectivity index (χ0v) is 10.4. The van der Waals surface area contributed by atoms with Gasteiger partial charge in [-0.15, -0.1) is 0 Å². The number of amides is 2. The molecule has 0 rings (SSSR count). The van der Waals surface area contributed by atoms with Crippen LogP contribution in [0.2, 0.25) is 0 Å².